The SMILES string of the molecule is COc1ccc(O)c(C(=O)N(C)C(C)C2CC2)c1. The standard InChI is InChI=1S/C14H19NO3/c1-9(10-4-5-10)15(2)14(17)12-8-11(18-3)6-7-13(12)16/h6-10,16H,4-5H2,1-3H3. The van der Waals surface area contributed by atoms with Gasteiger partial charge in [0, 0.05) is 13.1 Å². The van der Waals surface area contributed by atoms with Crippen molar-refractivity contribution in [1.82, 2.24) is 4.90 Å². The highest BCUT2D eigenvalue weighted by Crippen LogP contribution is 2.35. The molecule has 2 rings (SSSR count). The molecule has 4 nitrogen and oxygen atoms in total. The second-order valence-electron chi connectivity index (χ2n) is 4.88. The van der Waals surface area contributed by atoms with Crippen LogP contribution in [0.1, 0.15) is 30.1 Å². The number of benzene rings is 1. The Morgan fingerprint density at radius 2 is 2.17 bits per heavy atom. The third kappa shape index (κ3) is 2.42. The number of phenols is 1. The molecule has 4 heteroatoms. The van der Waals surface area contributed by atoms with Crippen LogP contribution in [0.4, 0.5) is 0 Å². The highest BCUT2D eigenvalue weighted by molar-refractivity contribution is 5.97. The maximum Gasteiger partial charge on any atom is 0.257 e. The van der Waals surface area contributed by atoms with Crippen molar-refractivity contribution in [3.63, 3.8) is 0 Å². The van der Waals surface area contributed by atoms with Crippen molar-refractivity contribution < 1.29 is 14.6 Å². The van der Waals surface area contributed by atoms with Crippen LogP contribution in [0.15, 0.2) is 18.2 Å². The molecule has 0 heterocycles. The van der Waals surface area contributed by atoms with E-state index in [-0.39, 0.29) is 17.7 Å². The van der Waals surface area contributed by atoms with E-state index in [0.717, 1.165) is 0 Å². The van der Waals surface area contributed by atoms with E-state index in [0.29, 0.717) is 17.2 Å². The fourth-order valence-corrected chi connectivity index (χ4v) is 2.08. The number of amides is 1. The molecule has 0 saturated heterocycles. The van der Waals surface area contributed by atoms with Gasteiger partial charge in [-0.25, -0.2) is 0 Å². The summed E-state index contributed by atoms with van der Waals surface area (Å²) in [6.07, 6.45) is 2.37. The normalized spacial score (nSPS) is 16.2. The molecule has 1 unspecified atom stereocenters. The number of ether oxygens (including phenoxy) is 1. The molecule has 0 aromatic heterocycles. The van der Waals surface area contributed by atoms with Crippen LogP contribution in [0, 0.1) is 5.92 Å². The Bertz CT molecular complexity index is 454. The zero-order valence-corrected chi connectivity index (χ0v) is 11.0. The van der Waals surface area contributed by atoms with E-state index >= 15 is 0 Å². The summed E-state index contributed by atoms with van der Waals surface area (Å²) in [6.45, 7) is 2.05. The predicted molar refractivity (Wildman–Crippen MR) is 68.9 cm³/mol. The Kier molecular flexibility index (Phi) is 3.45. The number of hydrogen-bond donors (Lipinski definition) is 1. The van der Waals surface area contributed by atoms with Crippen LogP contribution < -0.4 is 4.74 Å². The molecular weight excluding hydrogens is 230 g/mol. The molecule has 0 bridgehead atoms. The zero-order chi connectivity index (χ0) is 13.3. The molecule has 1 amide bonds. The lowest BCUT2D eigenvalue weighted by Crippen LogP contribution is -2.36. The number of methoxy groups -OCH3 is 1. The van der Waals surface area contributed by atoms with Gasteiger partial charge in [-0.05, 0) is 43.9 Å². The lowest BCUT2D eigenvalue weighted by atomic mass is 10.1. The molecule has 1 aliphatic rings. The van der Waals surface area contributed by atoms with Crippen LogP contribution in [0.25, 0.3) is 0 Å². The number of nitrogens with zero attached hydrogens (tertiary/aromatic N) is 1. The van der Waals surface area contributed by atoms with Gasteiger partial charge >= 0.3 is 0 Å². The Morgan fingerprint density at radius 3 is 2.72 bits per heavy atom. The topological polar surface area (TPSA) is 49.8 Å². The molecule has 1 saturated carbocycles. The Labute approximate surface area is 107 Å². The Hall–Kier alpha value is -1.71. The highest BCUT2D eigenvalue weighted by Gasteiger charge is 2.33. The first kappa shape index (κ1) is 12.7. The van der Waals surface area contributed by atoms with Crippen LogP contribution in [0.3, 0.4) is 0 Å². The van der Waals surface area contributed by atoms with Crippen molar-refractivity contribution in [2.45, 2.75) is 25.8 Å². The van der Waals surface area contributed by atoms with Crippen LogP contribution in [0.2, 0.25) is 0 Å². The molecule has 1 atom stereocenters. The predicted octanol–water partition coefficient (Wildman–Crippen LogP) is 2.27. The van der Waals surface area contributed by atoms with Gasteiger partial charge in [-0.3, -0.25) is 4.79 Å². The maximum atomic E-state index is 12.3. The van der Waals surface area contributed by atoms with Crippen LogP contribution in [0.5, 0.6) is 11.5 Å². The van der Waals surface area contributed by atoms with Crippen molar-refractivity contribution >= 4 is 5.91 Å². The van der Waals surface area contributed by atoms with Gasteiger partial charge in [-0.15, -0.1) is 0 Å². The summed E-state index contributed by atoms with van der Waals surface area (Å²) < 4.78 is 5.08. The van der Waals surface area contributed by atoms with Gasteiger partial charge in [-0.2, -0.15) is 0 Å². The average molecular weight is 249 g/mol. The minimum Gasteiger partial charge on any atom is -0.507 e. The largest absolute Gasteiger partial charge is 0.507 e. The van der Waals surface area contributed by atoms with Crippen molar-refractivity contribution in [2.75, 3.05) is 14.2 Å². The molecule has 0 radical (unpaired) electrons. The third-order valence-corrected chi connectivity index (χ3v) is 3.67. The maximum absolute atomic E-state index is 12.3. The second kappa shape index (κ2) is 4.88. The monoisotopic (exact) mass is 249 g/mol. The number of carbonyl (C=O) groups excluding carboxylic acids is 1. The summed E-state index contributed by atoms with van der Waals surface area (Å²) in [4.78, 5) is 14.0. The Morgan fingerprint density at radius 1 is 1.50 bits per heavy atom. The zero-order valence-electron chi connectivity index (χ0n) is 11.0. The van der Waals surface area contributed by atoms with E-state index in [1.807, 2.05) is 6.92 Å². The molecule has 1 aromatic rings. The van der Waals surface area contributed by atoms with Gasteiger partial charge in [0.15, 0.2) is 0 Å². The Balaban J connectivity index is 2.21. The van der Waals surface area contributed by atoms with E-state index < -0.39 is 0 Å². The number of hydrogen-bond acceptors (Lipinski definition) is 3. The van der Waals surface area contributed by atoms with E-state index in [2.05, 4.69) is 0 Å². The summed E-state index contributed by atoms with van der Waals surface area (Å²) in [5.41, 5.74) is 0.296. The van der Waals surface area contributed by atoms with Gasteiger partial charge < -0.3 is 14.7 Å². The minimum absolute atomic E-state index is 0.00403. The lowest BCUT2D eigenvalue weighted by molar-refractivity contribution is 0.0724. The molecule has 98 valence electrons. The second-order valence-corrected chi connectivity index (χ2v) is 4.88. The van der Waals surface area contributed by atoms with Crippen molar-refractivity contribution in [3.05, 3.63) is 23.8 Å². The summed E-state index contributed by atoms with van der Waals surface area (Å²) in [5.74, 6) is 1.01. The molecule has 0 spiro atoms. The molecule has 1 fully saturated rings. The van der Waals surface area contributed by atoms with Crippen molar-refractivity contribution in [2.24, 2.45) is 5.92 Å². The van der Waals surface area contributed by atoms with Crippen LogP contribution in [-0.4, -0.2) is 36.1 Å². The van der Waals surface area contributed by atoms with E-state index in [1.54, 1.807) is 24.1 Å². The fourth-order valence-electron chi connectivity index (χ4n) is 2.08. The number of carbonyl (C=O) groups is 1. The third-order valence-electron chi connectivity index (χ3n) is 3.67. The molecule has 0 aliphatic heterocycles. The molecule has 18 heavy (non-hydrogen) atoms. The molecular formula is C14H19NO3. The van der Waals surface area contributed by atoms with Crippen LogP contribution in [-0.2, 0) is 0 Å². The summed E-state index contributed by atoms with van der Waals surface area (Å²) in [5, 5.41) is 9.78. The minimum atomic E-state index is -0.161. The first-order valence-corrected chi connectivity index (χ1v) is 6.18. The fraction of sp³-hybridized carbons (Fsp3) is 0.500. The molecule has 1 aliphatic carbocycles. The number of phenolic OH excluding ortho intramolecular Hbond substituents is 1. The quantitative estimate of drug-likeness (QED) is 0.890. The van der Waals surface area contributed by atoms with Crippen molar-refractivity contribution in [3.8, 4) is 11.5 Å². The van der Waals surface area contributed by atoms with Gasteiger partial charge in [0.05, 0.1) is 12.7 Å². The van der Waals surface area contributed by atoms with Gasteiger partial charge in [-0.1, -0.05) is 0 Å². The number of rotatable bonds is 4. The van der Waals surface area contributed by atoms with E-state index in [9.17, 15) is 9.90 Å². The first-order valence-electron chi connectivity index (χ1n) is 6.18. The summed E-state index contributed by atoms with van der Waals surface area (Å²) >= 11 is 0. The summed E-state index contributed by atoms with van der Waals surface area (Å²) in [7, 11) is 3.32. The van der Waals surface area contributed by atoms with Gasteiger partial charge in [0.1, 0.15) is 11.5 Å². The molecule has 1 N–H and O–H groups in total. The highest BCUT2D eigenvalue weighted by atomic mass is 16.5. The number of aromatic hydroxyl groups is 1. The van der Waals surface area contributed by atoms with E-state index in [4.69, 9.17) is 4.74 Å². The average Bonchev–Trinajstić information content (AvgIpc) is 3.21. The first-order chi connectivity index (χ1) is 8.54. The van der Waals surface area contributed by atoms with Gasteiger partial charge in [0.2, 0.25) is 0 Å². The smallest absolute Gasteiger partial charge is 0.257 e. The van der Waals surface area contributed by atoms with Gasteiger partial charge in [0.25, 0.3) is 5.91 Å². The summed E-state index contributed by atoms with van der Waals surface area (Å²) in [6, 6.07) is 4.91. The van der Waals surface area contributed by atoms with E-state index in [1.165, 1.54) is 26.0 Å². The van der Waals surface area contributed by atoms with Crippen LogP contribution >= 0.6 is 0 Å². The van der Waals surface area contributed by atoms with Crippen molar-refractivity contribution in [1.29, 1.82) is 0 Å². The molecule has 1 aromatic carbocycles. The lowest BCUT2D eigenvalue weighted by Gasteiger charge is -2.25.